The van der Waals surface area contributed by atoms with E-state index >= 15 is 0 Å². The van der Waals surface area contributed by atoms with Gasteiger partial charge in [-0.25, -0.2) is 0 Å². The Bertz CT molecular complexity index is 1070. The lowest BCUT2D eigenvalue weighted by molar-refractivity contribution is 0.413. The number of aromatic amines is 1. The summed E-state index contributed by atoms with van der Waals surface area (Å²) in [7, 11) is 0. The van der Waals surface area contributed by atoms with Crippen LogP contribution in [0.15, 0.2) is 81.1 Å². The molecular formula is C25H26N2O. The van der Waals surface area contributed by atoms with Gasteiger partial charge in [0.25, 0.3) is 0 Å². The van der Waals surface area contributed by atoms with E-state index in [1.165, 1.54) is 16.7 Å². The quantitative estimate of drug-likeness (QED) is 0.585. The molecule has 1 aromatic carbocycles. The summed E-state index contributed by atoms with van der Waals surface area (Å²) in [5.41, 5.74) is 6.65. The first-order valence-corrected chi connectivity index (χ1v) is 9.87. The molecule has 4 rings (SSSR count). The predicted octanol–water partition coefficient (Wildman–Crippen LogP) is 5.21. The van der Waals surface area contributed by atoms with Gasteiger partial charge in [-0.2, -0.15) is 0 Å². The first-order chi connectivity index (χ1) is 13.5. The highest BCUT2D eigenvalue weighted by Gasteiger charge is 2.46. The van der Waals surface area contributed by atoms with E-state index in [0.29, 0.717) is 5.92 Å². The van der Waals surface area contributed by atoms with Crippen LogP contribution in [0.4, 0.5) is 0 Å². The Kier molecular flexibility index (Phi) is 4.76. The van der Waals surface area contributed by atoms with Gasteiger partial charge in [-0.05, 0) is 50.0 Å². The number of hydrogen-bond donors (Lipinski definition) is 1. The third-order valence-corrected chi connectivity index (χ3v) is 5.76. The monoisotopic (exact) mass is 370 g/mol. The van der Waals surface area contributed by atoms with Gasteiger partial charge in [0.05, 0.1) is 0 Å². The van der Waals surface area contributed by atoms with Crippen molar-refractivity contribution in [2.45, 2.75) is 39.2 Å². The minimum absolute atomic E-state index is 0.0410. The van der Waals surface area contributed by atoms with Gasteiger partial charge in [-0.3, -0.25) is 9.79 Å². The van der Waals surface area contributed by atoms with Crippen LogP contribution in [0.3, 0.4) is 0 Å². The molecule has 0 saturated carbocycles. The zero-order valence-corrected chi connectivity index (χ0v) is 16.7. The molecule has 0 fully saturated rings. The van der Waals surface area contributed by atoms with Crippen molar-refractivity contribution in [3.05, 3.63) is 98.5 Å². The van der Waals surface area contributed by atoms with Crippen LogP contribution < -0.4 is 5.56 Å². The third-order valence-electron chi connectivity index (χ3n) is 5.76. The molecule has 0 saturated heterocycles. The summed E-state index contributed by atoms with van der Waals surface area (Å²) < 4.78 is 0. The van der Waals surface area contributed by atoms with Crippen LogP contribution in [0, 0.1) is 5.92 Å². The largest absolute Gasteiger partial charge is 0.326 e. The summed E-state index contributed by atoms with van der Waals surface area (Å²) >= 11 is 0. The maximum absolute atomic E-state index is 11.9. The summed E-state index contributed by atoms with van der Waals surface area (Å²) in [6.45, 7) is 6.37. The lowest BCUT2D eigenvalue weighted by atomic mass is 9.63. The molecule has 2 bridgehead atoms. The number of fused-ring (bicyclic) bond motifs is 4. The molecule has 0 spiro atoms. The lowest BCUT2D eigenvalue weighted by Crippen LogP contribution is -2.40. The van der Waals surface area contributed by atoms with Crippen LogP contribution in [0.5, 0.6) is 0 Å². The van der Waals surface area contributed by atoms with Gasteiger partial charge in [0.15, 0.2) is 0 Å². The average molecular weight is 370 g/mol. The van der Waals surface area contributed by atoms with Gasteiger partial charge < -0.3 is 4.98 Å². The average Bonchev–Trinajstić information content (AvgIpc) is 2.66. The Morgan fingerprint density at radius 2 is 2.00 bits per heavy atom. The molecule has 1 heterocycles. The number of aromatic nitrogens is 1. The molecule has 28 heavy (non-hydrogen) atoms. The van der Waals surface area contributed by atoms with E-state index in [-0.39, 0.29) is 5.56 Å². The smallest absolute Gasteiger partial charge is 0.248 e. The summed E-state index contributed by atoms with van der Waals surface area (Å²) in [6.07, 6.45) is 10.4. The van der Waals surface area contributed by atoms with Crippen molar-refractivity contribution in [3.63, 3.8) is 0 Å². The maximum atomic E-state index is 11.9. The van der Waals surface area contributed by atoms with Crippen LogP contribution in [0.25, 0.3) is 6.08 Å². The molecule has 0 amide bonds. The number of hydrogen-bond acceptors (Lipinski definition) is 2. The highest BCUT2D eigenvalue weighted by Crippen LogP contribution is 2.51. The van der Waals surface area contributed by atoms with E-state index in [2.05, 4.69) is 56.1 Å². The van der Waals surface area contributed by atoms with Gasteiger partial charge in [-0.1, -0.05) is 54.1 Å². The zero-order chi connectivity index (χ0) is 19.7. The number of pyridine rings is 1. The molecule has 3 nitrogen and oxygen atoms in total. The number of H-pyrrole nitrogens is 1. The topological polar surface area (TPSA) is 45.2 Å². The van der Waals surface area contributed by atoms with Crippen molar-refractivity contribution in [2.24, 2.45) is 10.9 Å². The van der Waals surface area contributed by atoms with Crippen LogP contribution >= 0.6 is 0 Å². The number of rotatable bonds is 3. The second-order valence-corrected chi connectivity index (χ2v) is 7.88. The van der Waals surface area contributed by atoms with Crippen molar-refractivity contribution in [3.8, 4) is 0 Å². The Morgan fingerprint density at radius 3 is 2.75 bits per heavy atom. The summed E-state index contributed by atoms with van der Waals surface area (Å²) in [5, 5.41) is 0. The summed E-state index contributed by atoms with van der Waals surface area (Å²) in [4.78, 5) is 20.2. The van der Waals surface area contributed by atoms with E-state index in [4.69, 9.17) is 4.99 Å². The Balaban J connectivity index is 1.83. The van der Waals surface area contributed by atoms with E-state index < -0.39 is 5.54 Å². The molecule has 2 aliphatic carbocycles. The van der Waals surface area contributed by atoms with E-state index in [1.54, 1.807) is 6.07 Å². The molecule has 1 N–H and O–H groups in total. The number of allylic oxidation sites excluding steroid dienone is 3. The summed E-state index contributed by atoms with van der Waals surface area (Å²) in [6, 6.07) is 13.9. The zero-order valence-electron chi connectivity index (χ0n) is 16.7. The van der Waals surface area contributed by atoms with Crippen molar-refractivity contribution >= 4 is 12.3 Å². The maximum Gasteiger partial charge on any atom is 0.248 e. The molecule has 0 unspecified atom stereocenters. The van der Waals surface area contributed by atoms with Crippen LogP contribution in [-0.4, -0.2) is 11.2 Å². The number of nitrogens with one attached hydrogen (secondary N) is 1. The molecule has 0 radical (unpaired) electrons. The van der Waals surface area contributed by atoms with Gasteiger partial charge in [-0.15, -0.1) is 0 Å². The van der Waals surface area contributed by atoms with Crippen molar-refractivity contribution < 1.29 is 0 Å². The van der Waals surface area contributed by atoms with Crippen molar-refractivity contribution in [1.82, 2.24) is 4.98 Å². The highest BCUT2D eigenvalue weighted by molar-refractivity contribution is 5.85. The van der Waals surface area contributed by atoms with Crippen LogP contribution in [0.1, 0.15) is 44.0 Å². The van der Waals surface area contributed by atoms with E-state index in [1.807, 2.05) is 30.5 Å². The van der Waals surface area contributed by atoms with Gasteiger partial charge in [0.1, 0.15) is 5.54 Å². The van der Waals surface area contributed by atoms with Gasteiger partial charge in [0, 0.05) is 35.9 Å². The van der Waals surface area contributed by atoms with E-state index in [0.717, 1.165) is 29.7 Å². The molecule has 3 heteroatoms. The number of aliphatic imine (C=N–C) groups is 1. The fourth-order valence-electron chi connectivity index (χ4n) is 4.71. The van der Waals surface area contributed by atoms with Gasteiger partial charge in [0.2, 0.25) is 5.56 Å². The second kappa shape index (κ2) is 7.23. The Morgan fingerprint density at radius 1 is 1.21 bits per heavy atom. The standard InChI is InChI=1S/C25H26N2O/c1-4-21-20-13-17(2)15-25(21,22-10-11-24(28)27-23(22)14-20)26-16-18(3)12-19-8-6-5-7-9-19/h4-13,16,20H,14-15H2,1-3H3,(H,27,28)/b18-12+,21-4+,26-16+/t20-,25+/m0/s1. The Labute approximate surface area is 166 Å². The van der Waals surface area contributed by atoms with E-state index in [9.17, 15) is 4.79 Å². The van der Waals surface area contributed by atoms with Crippen LogP contribution in [0.2, 0.25) is 0 Å². The number of nitrogens with zero attached hydrogens (tertiary/aromatic N) is 1. The van der Waals surface area contributed by atoms with Crippen molar-refractivity contribution in [2.75, 3.05) is 0 Å². The first kappa shape index (κ1) is 18.4. The Hall–Kier alpha value is -2.94. The minimum atomic E-state index is -0.429. The summed E-state index contributed by atoms with van der Waals surface area (Å²) in [5.74, 6) is 0.292. The number of benzene rings is 1. The molecule has 2 aromatic rings. The molecule has 0 aliphatic heterocycles. The second-order valence-electron chi connectivity index (χ2n) is 7.88. The molecule has 1 aromatic heterocycles. The third kappa shape index (κ3) is 3.22. The SMILES string of the molecule is C/C=C1\[C@H]2C=C(C)C[C@]1(/N=C/C(C)=C/c1ccccc1)c1ccc(=O)[nH]c1C2. The van der Waals surface area contributed by atoms with Crippen molar-refractivity contribution in [1.29, 1.82) is 0 Å². The molecular weight excluding hydrogens is 344 g/mol. The normalized spacial score (nSPS) is 25.7. The predicted molar refractivity (Wildman–Crippen MR) is 117 cm³/mol. The molecule has 2 atom stereocenters. The first-order valence-electron chi connectivity index (χ1n) is 9.87. The molecule has 2 aliphatic rings. The van der Waals surface area contributed by atoms with Gasteiger partial charge >= 0.3 is 0 Å². The lowest BCUT2D eigenvalue weighted by Gasteiger charge is -2.45. The highest BCUT2D eigenvalue weighted by atomic mass is 16.1. The van der Waals surface area contributed by atoms with Crippen LogP contribution in [-0.2, 0) is 12.0 Å². The molecule has 142 valence electrons. The minimum Gasteiger partial charge on any atom is -0.326 e. The fraction of sp³-hybridized carbons (Fsp3) is 0.280. The fourth-order valence-corrected chi connectivity index (χ4v) is 4.71.